The summed E-state index contributed by atoms with van der Waals surface area (Å²) >= 11 is 0. The SMILES string of the molecule is COC(OC)c1ccc(O)c(NC=O)c1. The fourth-order valence-corrected chi connectivity index (χ4v) is 1.25. The third-order valence-electron chi connectivity index (χ3n) is 1.94. The lowest BCUT2D eigenvalue weighted by molar-refractivity contribution is -0.106. The molecule has 0 aliphatic rings. The van der Waals surface area contributed by atoms with Crippen molar-refractivity contribution in [1.82, 2.24) is 0 Å². The maximum absolute atomic E-state index is 10.3. The number of hydrogen-bond acceptors (Lipinski definition) is 4. The molecule has 1 aromatic rings. The minimum atomic E-state index is -0.516. The predicted octanol–water partition coefficient (Wildman–Crippen LogP) is 1.25. The molecule has 0 radical (unpaired) electrons. The van der Waals surface area contributed by atoms with Gasteiger partial charge in [0, 0.05) is 19.8 Å². The Morgan fingerprint density at radius 3 is 2.60 bits per heavy atom. The van der Waals surface area contributed by atoms with Crippen molar-refractivity contribution in [3.8, 4) is 5.75 Å². The normalized spacial score (nSPS) is 10.3. The summed E-state index contributed by atoms with van der Waals surface area (Å²) in [7, 11) is 3.02. The van der Waals surface area contributed by atoms with Gasteiger partial charge in [-0.1, -0.05) is 6.07 Å². The number of phenols is 1. The van der Waals surface area contributed by atoms with Crippen molar-refractivity contribution in [3.05, 3.63) is 23.8 Å². The highest BCUT2D eigenvalue weighted by Crippen LogP contribution is 2.27. The lowest BCUT2D eigenvalue weighted by atomic mass is 10.2. The summed E-state index contributed by atoms with van der Waals surface area (Å²) in [5, 5.41) is 11.8. The van der Waals surface area contributed by atoms with Gasteiger partial charge in [0.1, 0.15) is 5.75 Å². The Bertz CT molecular complexity index is 336. The molecule has 2 N–H and O–H groups in total. The van der Waals surface area contributed by atoms with Gasteiger partial charge in [0.25, 0.3) is 0 Å². The Morgan fingerprint density at radius 1 is 1.40 bits per heavy atom. The van der Waals surface area contributed by atoms with Gasteiger partial charge in [-0.05, 0) is 12.1 Å². The molecule has 82 valence electrons. The highest BCUT2D eigenvalue weighted by molar-refractivity contribution is 5.75. The largest absolute Gasteiger partial charge is 0.506 e. The topological polar surface area (TPSA) is 67.8 Å². The van der Waals surface area contributed by atoms with Crippen LogP contribution in [0.3, 0.4) is 0 Å². The fourth-order valence-electron chi connectivity index (χ4n) is 1.25. The number of carbonyl (C=O) groups is 1. The maximum atomic E-state index is 10.3. The Hall–Kier alpha value is -1.59. The number of ether oxygens (including phenoxy) is 2. The molecule has 0 bridgehead atoms. The molecule has 1 rings (SSSR count). The fraction of sp³-hybridized carbons (Fsp3) is 0.300. The predicted molar refractivity (Wildman–Crippen MR) is 54.6 cm³/mol. The molecular weight excluding hydrogens is 198 g/mol. The number of carbonyl (C=O) groups excluding carboxylic acids is 1. The molecule has 5 heteroatoms. The molecule has 0 aliphatic carbocycles. The number of aromatic hydroxyl groups is 1. The zero-order valence-electron chi connectivity index (χ0n) is 8.56. The van der Waals surface area contributed by atoms with Crippen molar-refractivity contribution >= 4 is 12.1 Å². The van der Waals surface area contributed by atoms with E-state index in [-0.39, 0.29) is 5.75 Å². The van der Waals surface area contributed by atoms with Gasteiger partial charge in [0.2, 0.25) is 6.41 Å². The number of methoxy groups -OCH3 is 2. The van der Waals surface area contributed by atoms with Crippen LogP contribution in [0.25, 0.3) is 0 Å². The Kier molecular flexibility index (Phi) is 4.08. The first-order valence-electron chi connectivity index (χ1n) is 4.31. The average Bonchev–Trinajstić information content (AvgIpc) is 2.25. The number of benzene rings is 1. The summed E-state index contributed by atoms with van der Waals surface area (Å²) in [6.07, 6.45) is -0.0224. The number of nitrogens with one attached hydrogen (secondary N) is 1. The van der Waals surface area contributed by atoms with Crippen molar-refractivity contribution in [2.24, 2.45) is 0 Å². The Labute approximate surface area is 87.6 Å². The van der Waals surface area contributed by atoms with E-state index < -0.39 is 6.29 Å². The molecule has 15 heavy (non-hydrogen) atoms. The summed E-state index contributed by atoms with van der Waals surface area (Å²) in [4.78, 5) is 10.3. The van der Waals surface area contributed by atoms with Crippen LogP contribution in [0.1, 0.15) is 11.9 Å². The van der Waals surface area contributed by atoms with Crippen LogP contribution in [0.4, 0.5) is 5.69 Å². The van der Waals surface area contributed by atoms with Gasteiger partial charge in [-0.25, -0.2) is 0 Å². The van der Waals surface area contributed by atoms with Crippen LogP contribution in [0, 0.1) is 0 Å². The lowest BCUT2D eigenvalue weighted by Gasteiger charge is -2.14. The first kappa shape index (κ1) is 11.5. The second-order valence-electron chi connectivity index (χ2n) is 2.84. The molecule has 0 unspecified atom stereocenters. The van der Waals surface area contributed by atoms with Gasteiger partial charge < -0.3 is 19.9 Å². The first-order chi connectivity index (χ1) is 7.22. The summed E-state index contributed by atoms with van der Waals surface area (Å²) in [6.45, 7) is 0. The molecule has 0 heterocycles. The molecule has 0 aromatic heterocycles. The Balaban J connectivity index is 3.00. The van der Waals surface area contributed by atoms with E-state index in [0.29, 0.717) is 17.7 Å². The second-order valence-corrected chi connectivity index (χ2v) is 2.84. The van der Waals surface area contributed by atoms with Crippen molar-refractivity contribution < 1.29 is 19.4 Å². The molecule has 0 spiro atoms. The molecule has 0 fully saturated rings. The van der Waals surface area contributed by atoms with Crippen LogP contribution in [-0.4, -0.2) is 25.7 Å². The van der Waals surface area contributed by atoms with Crippen molar-refractivity contribution in [2.75, 3.05) is 19.5 Å². The smallest absolute Gasteiger partial charge is 0.211 e. The van der Waals surface area contributed by atoms with Crippen LogP contribution >= 0.6 is 0 Å². The van der Waals surface area contributed by atoms with Crippen LogP contribution < -0.4 is 5.32 Å². The van der Waals surface area contributed by atoms with E-state index in [4.69, 9.17) is 9.47 Å². The van der Waals surface area contributed by atoms with Gasteiger partial charge in [0.15, 0.2) is 6.29 Å². The maximum Gasteiger partial charge on any atom is 0.211 e. The lowest BCUT2D eigenvalue weighted by Crippen LogP contribution is -2.04. The van der Waals surface area contributed by atoms with Gasteiger partial charge >= 0.3 is 0 Å². The molecule has 0 atom stereocenters. The second kappa shape index (κ2) is 5.33. The molecule has 0 saturated carbocycles. The highest BCUT2D eigenvalue weighted by atomic mass is 16.7. The number of anilines is 1. The number of amides is 1. The van der Waals surface area contributed by atoms with E-state index in [0.717, 1.165) is 0 Å². The minimum Gasteiger partial charge on any atom is -0.506 e. The monoisotopic (exact) mass is 211 g/mol. The van der Waals surface area contributed by atoms with Crippen molar-refractivity contribution in [3.63, 3.8) is 0 Å². The Morgan fingerprint density at radius 2 is 2.07 bits per heavy atom. The van der Waals surface area contributed by atoms with E-state index >= 15 is 0 Å². The number of hydrogen-bond donors (Lipinski definition) is 2. The highest BCUT2D eigenvalue weighted by Gasteiger charge is 2.11. The minimum absolute atomic E-state index is 0.00296. The third kappa shape index (κ3) is 2.68. The van der Waals surface area contributed by atoms with E-state index in [1.165, 1.54) is 20.3 Å². The molecule has 0 saturated heterocycles. The van der Waals surface area contributed by atoms with E-state index in [2.05, 4.69) is 5.32 Å². The molecular formula is C10H13NO4. The number of rotatable bonds is 5. The molecule has 1 amide bonds. The van der Waals surface area contributed by atoms with Gasteiger partial charge in [-0.2, -0.15) is 0 Å². The molecule has 0 aliphatic heterocycles. The van der Waals surface area contributed by atoms with E-state index in [1.54, 1.807) is 12.1 Å². The standard InChI is InChI=1S/C10H13NO4/c1-14-10(15-2)7-3-4-9(13)8(5-7)11-6-12/h3-6,10,13H,1-2H3,(H,11,12). The van der Waals surface area contributed by atoms with Gasteiger partial charge in [-0.15, -0.1) is 0 Å². The summed E-state index contributed by atoms with van der Waals surface area (Å²) in [6, 6.07) is 4.70. The average molecular weight is 211 g/mol. The molecule has 5 nitrogen and oxygen atoms in total. The van der Waals surface area contributed by atoms with E-state index in [1.807, 2.05) is 0 Å². The van der Waals surface area contributed by atoms with Crippen LogP contribution in [0.5, 0.6) is 5.75 Å². The third-order valence-corrected chi connectivity index (χ3v) is 1.94. The van der Waals surface area contributed by atoms with Crippen LogP contribution in [0.2, 0.25) is 0 Å². The van der Waals surface area contributed by atoms with Gasteiger partial charge in [0.05, 0.1) is 5.69 Å². The zero-order valence-corrected chi connectivity index (χ0v) is 8.56. The van der Waals surface area contributed by atoms with E-state index in [9.17, 15) is 9.90 Å². The van der Waals surface area contributed by atoms with Crippen molar-refractivity contribution in [2.45, 2.75) is 6.29 Å². The van der Waals surface area contributed by atoms with Crippen LogP contribution in [0.15, 0.2) is 18.2 Å². The summed E-state index contributed by atoms with van der Waals surface area (Å²) in [5.74, 6) is -0.00296. The summed E-state index contributed by atoms with van der Waals surface area (Å²) < 4.78 is 10.1. The zero-order chi connectivity index (χ0) is 11.3. The first-order valence-corrected chi connectivity index (χ1v) is 4.31. The summed E-state index contributed by atoms with van der Waals surface area (Å²) in [5.41, 5.74) is 1.03. The van der Waals surface area contributed by atoms with Crippen LogP contribution in [-0.2, 0) is 14.3 Å². The quantitative estimate of drug-likeness (QED) is 0.437. The van der Waals surface area contributed by atoms with Crippen molar-refractivity contribution in [1.29, 1.82) is 0 Å². The molecule has 1 aromatic carbocycles. The van der Waals surface area contributed by atoms with Gasteiger partial charge in [-0.3, -0.25) is 4.79 Å². The number of phenolic OH excluding ortho intramolecular Hbond substituents is 1.